The molecule has 0 saturated heterocycles. The van der Waals surface area contributed by atoms with Crippen LogP contribution in [0.5, 0.6) is 0 Å². The van der Waals surface area contributed by atoms with Gasteiger partial charge in [-0.25, -0.2) is 0 Å². The highest BCUT2D eigenvalue weighted by molar-refractivity contribution is 14.1. The van der Waals surface area contributed by atoms with E-state index in [9.17, 15) is 0 Å². The van der Waals surface area contributed by atoms with Gasteiger partial charge in [-0.2, -0.15) is 5.10 Å². The Bertz CT molecular complexity index is 1010. The second-order valence-electron chi connectivity index (χ2n) is 5.95. The lowest BCUT2D eigenvalue weighted by atomic mass is 9.90. The Hall–Kier alpha value is -2.25. The minimum atomic E-state index is -0.00960. The van der Waals surface area contributed by atoms with Crippen molar-refractivity contribution in [3.05, 3.63) is 110 Å². The SMILES string of the molecule is S=c1[nH]nc(C(c2ccccc2)c2ccccc2)n1-c1ccc(I)cc1. The molecule has 3 nitrogen and oxygen atoms in total. The molecule has 0 radical (unpaired) electrons. The molecular formula is C21H16IN3S. The molecule has 0 fully saturated rings. The zero-order valence-corrected chi connectivity index (χ0v) is 16.8. The number of rotatable bonds is 4. The van der Waals surface area contributed by atoms with E-state index in [-0.39, 0.29) is 5.92 Å². The van der Waals surface area contributed by atoms with E-state index in [0.717, 1.165) is 11.5 Å². The summed E-state index contributed by atoms with van der Waals surface area (Å²) in [5, 5.41) is 7.60. The van der Waals surface area contributed by atoms with Crippen LogP contribution in [0.15, 0.2) is 84.9 Å². The van der Waals surface area contributed by atoms with Crippen molar-refractivity contribution in [3.8, 4) is 5.69 Å². The number of H-pyrrole nitrogens is 1. The molecule has 0 aliphatic heterocycles. The average molecular weight is 469 g/mol. The second kappa shape index (κ2) is 7.55. The Morgan fingerprint density at radius 2 is 1.35 bits per heavy atom. The molecule has 0 bridgehead atoms. The Morgan fingerprint density at radius 3 is 1.88 bits per heavy atom. The van der Waals surface area contributed by atoms with Crippen LogP contribution in [-0.2, 0) is 0 Å². The topological polar surface area (TPSA) is 33.6 Å². The molecule has 5 heteroatoms. The molecule has 0 spiro atoms. The minimum Gasteiger partial charge on any atom is -0.271 e. The molecular weight excluding hydrogens is 453 g/mol. The minimum absolute atomic E-state index is 0.00960. The maximum absolute atomic E-state index is 5.55. The van der Waals surface area contributed by atoms with Gasteiger partial charge < -0.3 is 0 Å². The Balaban J connectivity index is 1.93. The highest BCUT2D eigenvalue weighted by Crippen LogP contribution is 2.32. The Labute approximate surface area is 170 Å². The summed E-state index contributed by atoms with van der Waals surface area (Å²) >= 11 is 7.85. The third kappa shape index (κ3) is 3.37. The predicted molar refractivity (Wildman–Crippen MR) is 115 cm³/mol. The first-order valence-corrected chi connectivity index (χ1v) is 9.76. The maximum atomic E-state index is 5.55. The number of nitrogens with one attached hydrogen (secondary N) is 1. The number of hydrogen-bond acceptors (Lipinski definition) is 2. The zero-order chi connectivity index (χ0) is 17.9. The summed E-state index contributed by atoms with van der Waals surface area (Å²) in [6, 6.07) is 29.1. The fourth-order valence-electron chi connectivity index (χ4n) is 3.12. The summed E-state index contributed by atoms with van der Waals surface area (Å²) < 4.78 is 3.81. The molecule has 0 aliphatic rings. The standard InChI is InChI=1S/C21H16IN3S/c22-17-11-13-18(14-12-17)25-20(23-24-21(25)26)19(15-7-3-1-4-8-15)16-9-5-2-6-10-16/h1-14,19H,(H,24,26). The molecule has 0 amide bonds. The lowest BCUT2D eigenvalue weighted by Gasteiger charge is -2.19. The quantitative estimate of drug-likeness (QED) is 0.307. The van der Waals surface area contributed by atoms with E-state index in [0.29, 0.717) is 4.77 Å². The number of aromatic nitrogens is 3. The molecule has 0 saturated carbocycles. The molecule has 1 aromatic heterocycles. The van der Waals surface area contributed by atoms with Crippen molar-refractivity contribution in [2.24, 2.45) is 0 Å². The van der Waals surface area contributed by atoms with Crippen molar-refractivity contribution in [2.45, 2.75) is 5.92 Å². The van der Waals surface area contributed by atoms with Gasteiger partial charge in [-0.05, 0) is 70.2 Å². The van der Waals surface area contributed by atoms with Crippen molar-refractivity contribution < 1.29 is 0 Å². The molecule has 1 heterocycles. The van der Waals surface area contributed by atoms with Gasteiger partial charge in [0.1, 0.15) is 5.82 Å². The van der Waals surface area contributed by atoms with Crippen LogP contribution in [0.2, 0.25) is 0 Å². The fourth-order valence-corrected chi connectivity index (χ4v) is 3.73. The van der Waals surface area contributed by atoms with Gasteiger partial charge in [0.25, 0.3) is 0 Å². The number of halogens is 1. The predicted octanol–water partition coefficient (Wildman–Crippen LogP) is 5.71. The molecule has 128 valence electrons. The number of hydrogen-bond donors (Lipinski definition) is 1. The van der Waals surface area contributed by atoms with Gasteiger partial charge in [-0.15, -0.1) is 0 Å². The van der Waals surface area contributed by atoms with E-state index < -0.39 is 0 Å². The molecule has 0 aliphatic carbocycles. The van der Waals surface area contributed by atoms with Crippen LogP contribution in [0.1, 0.15) is 22.9 Å². The summed E-state index contributed by atoms with van der Waals surface area (Å²) in [5.41, 5.74) is 3.37. The van der Waals surface area contributed by atoms with Gasteiger partial charge in [0.05, 0.1) is 5.92 Å². The average Bonchev–Trinajstić information content (AvgIpc) is 3.06. The van der Waals surface area contributed by atoms with E-state index >= 15 is 0 Å². The largest absolute Gasteiger partial charge is 0.271 e. The highest BCUT2D eigenvalue weighted by atomic mass is 127. The van der Waals surface area contributed by atoms with Crippen LogP contribution >= 0.6 is 34.8 Å². The first-order chi connectivity index (χ1) is 12.7. The molecule has 0 unspecified atom stereocenters. The molecule has 4 aromatic rings. The summed E-state index contributed by atoms with van der Waals surface area (Å²) in [6.45, 7) is 0. The van der Waals surface area contributed by atoms with Gasteiger partial charge >= 0.3 is 0 Å². The number of aromatic amines is 1. The maximum Gasteiger partial charge on any atom is 0.199 e. The molecule has 0 atom stereocenters. The number of benzene rings is 3. The fraction of sp³-hybridized carbons (Fsp3) is 0.0476. The van der Waals surface area contributed by atoms with Crippen LogP contribution in [0.3, 0.4) is 0 Å². The first kappa shape index (κ1) is 17.2. The molecule has 4 rings (SSSR count). The monoisotopic (exact) mass is 469 g/mol. The molecule has 26 heavy (non-hydrogen) atoms. The van der Waals surface area contributed by atoms with Gasteiger partial charge in [-0.3, -0.25) is 9.67 Å². The molecule has 3 aromatic carbocycles. The van der Waals surface area contributed by atoms with E-state index in [1.807, 2.05) is 16.7 Å². The highest BCUT2D eigenvalue weighted by Gasteiger charge is 2.23. The smallest absolute Gasteiger partial charge is 0.199 e. The Morgan fingerprint density at radius 1 is 0.808 bits per heavy atom. The van der Waals surface area contributed by atoms with Crippen LogP contribution in [0, 0.1) is 8.34 Å². The van der Waals surface area contributed by atoms with E-state index in [1.165, 1.54) is 14.7 Å². The van der Waals surface area contributed by atoms with Crippen molar-refractivity contribution in [1.29, 1.82) is 0 Å². The van der Waals surface area contributed by atoms with Crippen molar-refractivity contribution in [1.82, 2.24) is 14.8 Å². The third-order valence-electron chi connectivity index (χ3n) is 4.31. The van der Waals surface area contributed by atoms with Gasteiger partial charge in [-0.1, -0.05) is 60.7 Å². The van der Waals surface area contributed by atoms with E-state index in [1.54, 1.807) is 0 Å². The van der Waals surface area contributed by atoms with E-state index in [2.05, 4.69) is 106 Å². The van der Waals surface area contributed by atoms with Crippen LogP contribution in [-0.4, -0.2) is 14.8 Å². The Kier molecular flexibility index (Phi) is 4.99. The summed E-state index contributed by atoms with van der Waals surface area (Å²) in [6.07, 6.45) is 0. The van der Waals surface area contributed by atoms with Gasteiger partial charge in [0.2, 0.25) is 0 Å². The summed E-state index contributed by atoms with van der Waals surface area (Å²) in [5.74, 6) is 0.873. The normalized spacial score (nSPS) is 11.0. The van der Waals surface area contributed by atoms with Crippen molar-refractivity contribution in [3.63, 3.8) is 0 Å². The summed E-state index contributed by atoms with van der Waals surface area (Å²) in [7, 11) is 0. The molecule has 1 N–H and O–H groups in total. The van der Waals surface area contributed by atoms with Crippen LogP contribution in [0.25, 0.3) is 5.69 Å². The lowest BCUT2D eigenvalue weighted by molar-refractivity contribution is 0.813. The zero-order valence-electron chi connectivity index (χ0n) is 13.8. The summed E-state index contributed by atoms with van der Waals surface area (Å²) in [4.78, 5) is 0. The van der Waals surface area contributed by atoms with Crippen LogP contribution < -0.4 is 0 Å². The second-order valence-corrected chi connectivity index (χ2v) is 7.59. The third-order valence-corrected chi connectivity index (χ3v) is 5.30. The number of nitrogens with zero attached hydrogens (tertiary/aromatic N) is 2. The van der Waals surface area contributed by atoms with Crippen LogP contribution in [0.4, 0.5) is 0 Å². The lowest BCUT2D eigenvalue weighted by Crippen LogP contribution is -2.11. The van der Waals surface area contributed by atoms with Gasteiger partial charge in [0, 0.05) is 9.26 Å². The van der Waals surface area contributed by atoms with E-state index in [4.69, 9.17) is 12.2 Å². The van der Waals surface area contributed by atoms with Gasteiger partial charge in [0.15, 0.2) is 4.77 Å². The van der Waals surface area contributed by atoms with Crippen molar-refractivity contribution in [2.75, 3.05) is 0 Å². The first-order valence-electron chi connectivity index (χ1n) is 8.27. The van der Waals surface area contributed by atoms with Crippen molar-refractivity contribution >= 4 is 34.8 Å².